The van der Waals surface area contributed by atoms with Crippen molar-refractivity contribution in [2.24, 2.45) is 5.73 Å². The fourth-order valence-electron chi connectivity index (χ4n) is 2.03. The second-order valence-corrected chi connectivity index (χ2v) is 4.44. The van der Waals surface area contributed by atoms with Gasteiger partial charge in [-0.25, -0.2) is 0 Å². The summed E-state index contributed by atoms with van der Waals surface area (Å²) in [6.45, 7) is 0.499. The highest BCUT2D eigenvalue weighted by Crippen LogP contribution is 2.23. The van der Waals surface area contributed by atoms with Gasteiger partial charge in [0.05, 0.1) is 20.3 Å². The van der Waals surface area contributed by atoms with Crippen molar-refractivity contribution in [2.45, 2.75) is 6.04 Å². The Morgan fingerprint density at radius 1 is 1.00 bits per heavy atom. The predicted molar refractivity (Wildman–Crippen MR) is 81.4 cm³/mol. The Morgan fingerprint density at radius 2 is 1.70 bits per heavy atom. The number of rotatable bonds is 6. The van der Waals surface area contributed by atoms with E-state index in [1.807, 2.05) is 48.5 Å². The highest BCUT2D eigenvalue weighted by Gasteiger charge is 2.10. The van der Waals surface area contributed by atoms with E-state index in [9.17, 15) is 0 Å². The molecule has 2 aromatic carbocycles. The highest BCUT2D eigenvalue weighted by atomic mass is 16.5. The molecule has 0 saturated carbocycles. The number of ether oxygens (including phenoxy) is 2. The summed E-state index contributed by atoms with van der Waals surface area (Å²) in [6.07, 6.45) is 0. The molecular formula is C16H20N2O2. The van der Waals surface area contributed by atoms with Crippen molar-refractivity contribution >= 4 is 5.69 Å². The van der Waals surface area contributed by atoms with Crippen LogP contribution in [-0.2, 0) is 0 Å². The zero-order valence-corrected chi connectivity index (χ0v) is 11.8. The van der Waals surface area contributed by atoms with Gasteiger partial charge in [0, 0.05) is 12.2 Å². The van der Waals surface area contributed by atoms with Gasteiger partial charge >= 0.3 is 0 Å². The van der Waals surface area contributed by atoms with Crippen molar-refractivity contribution in [3.63, 3.8) is 0 Å². The summed E-state index contributed by atoms with van der Waals surface area (Å²) in [4.78, 5) is 0. The van der Waals surface area contributed by atoms with Gasteiger partial charge in [-0.05, 0) is 42.0 Å². The van der Waals surface area contributed by atoms with E-state index in [0.29, 0.717) is 6.54 Å². The molecule has 0 bridgehead atoms. The number of benzene rings is 2. The predicted octanol–water partition coefficient (Wildman–Crippen LogP) is 2.82. The Bertz CT molecular complexity index is 540. The Labute approximate surface area is 119 Å². The summed E-state index contributed by atoms with van der Waals surface area (Å²) < 4.78 is 10.4. The Hall–Kier alpha value is -2.20. The summed E-state index contributed by atoms with van der Waals surface area (Å²) in [5, 5.41) is 3.41. The van der Waals surface area contributed by atoms with Gasteiger partial charge in [-0.3, -0.25) is 0 Å². The molecule has 0 radical (unpaired) electrons. The van der Waals surface area contributed by atoms with E-state index in [2.05, 4.69) is 5.32 Å². The summed E-state index contributed by atoms with van der Waals surface area (Å²) in [5.74, 6) is 1.67. The van der Waals surface area contributed by atoms with Gasteiger partial charge in [-0.15, -0.1) is 0 Å². The van der Waals surface area contributed by atoms with E-state index in [0.717, 1.165) is 22.7 Å². The van der Waals surface area contributed by atoms with E-state index in [4.69, 9.17) is 15.2 Å². The first-order valence-corrected chi connectivity index (χ1v) is 6.51. The van der Waals surface area contributed by atoms with Gasteiger partial charge in [0.15, 0.2) is 0 Å². The van der Waals surface area contributed by atoms with Gasteiger partial charge in [0.25, 0.3) is 0 Å². The van der Waals surface area contributed by atoms with Gasteiger partial charge in [-0.1, -0.05) is 12.1 Å². The maximum atomic E-state index is 5.87. The first kappa shape index (κ1) is 14.2. The molecule has 0 spiro atoms. The summed E-state index contributed by atoms with van der Waals surface area (Å²) in [7, 11) is 3.31. The fraction of sp³-hybridized carbons (Fsp3) is 0.250. The highest BCUT2D eigenvalue weighted by molar-refractivity contribution is 5.49. The molecule has 0 heterocycles. The molecule has 0 aromatic heterocycles. The third-order valence-corrected chi connectivity index (χ3v) is 3.16. The first-order chi connectivity index (χ1) is 9.76. The van der Waals surface area contributed by atoms with Crippen molar-refractivity contribution in [1.29, 1.82) is 0 Å². The number of hydrogen-bond acceptors (Lipinski definition) is 4. The van der Waals surface area contributed by atoms with E-state index in [-0.39, 0.29) is 6.04 Å². The Balaban J connectivity index is 2.14. The number of nitrogens with two attached hydrogens (primary N) is 1. The van der Waals surface area contributed by atoms with E-state index in [1.165, 1.54) is 0 Å². The number of nitrogens with one attached hydrogen (secondary N) is 1. The van der Waals surface area contributed by atoms with Crippen LogP contribution in [-0.4, -0.2) is 20.8 Å². The second kappa shape index (κ2) is 6.82. The maximum absolute atomic E-state index is 5.87. The van der Waals surface area contributed by atoms with Gasteiger partial charge < -0.3 is 20.5 Å². The molecule has 0 aliphatic carbocycles. The smallest absolute Gasteiger partial charge is 0.119 e. The lowest BCUT2D eigenvalue weighted by atomic mass is 10.1. The zero-order chi connectivity index (χ0) is 14.4. The molecule has 0 aliphatic rings. The normalized spacial score (nSPS) is 11.8. The molecule has 2 rings (SSSR count). The molecule has 1 atom stereocenters. The van der Waals surface area contributed by atoms with Crippen molar-refractivity contribution in [2.75, 3.05) is 26.1 Å². The third kappa shape index (κ3) is 3.42. The van der Waals surface area contributed by atoms with Crippen LogP contribution in [0.3, 0.4) is 0 Å². The standard InChI is InChI=1S/C16H20N2O2/c1-19-14-8-6-13(7-9-14)18-16(11-17)12-4-3-5-15(10-12)20-2/h3-10,16,18H,11,17H2,1-2H3. The van der Waals surface area contributed by atoms with E-state index in [1.54, 1.807) is 14.2 Å². The van der Waals surface area contributed by atoms with Crippen LogP contribution in [0.5, 0.6) is 11.5 Å². The lowest BCUT2D eigenvalue weighted by Crippen LogP contribution is -2.20. The van der Waals surface area contributed by atoms with Crippen LogP contribution in [0.15, 0.2) is 48.5 Å². The SMILES string of the molecule is COc1ccc(NC(CN)c2cccc(OC)c2)cc1. The largest absolute Gasteiger partial charge is 0.497 e. The van der Waals surface area contributed by atoms with Crippen LogP contribution < -0.4 is 20.5 Å². The number of hydrogen-bond donors (Lipinski definition) is 2. The molecule has 4 nitrogen and oxygen atoms in total. The average molecular weight is 272 g/mol. The van der Waals surface area contributed by atoms with Crippen molar-refractivity contribution in [1.82, 2.24) is 0 Å². The molecule has 106 valence electrons. The molecule has 0 saturated heterocycles. The van der Waals surface area contributed by atoms with Crippen molar-refractivity contribution in [3.8, 4) is 11.5 Å². The van der Waals surface area contributed by atoms with Gasteiger partial charge in [0.1, 0.15) is 11.5 Å². The summed E-state index contributed by atoms with van der Waals surface area (Å²) in [6, 6.07) is 15.7. The molecule has 4 heteroatoms. The van der Waals surface area contributed by atoms with Gasteiger partial charge in [-0.2, -0.15) is 0 Å². The molecule has 0 fully saturated rings. The minimum Gasteiger partial charge on any atom is -0.497 e. The maximum Gasteiger partial charge on any atom is 0.119 e. The topological polar surface area (TPSA) is 56.5 Å². The van der Waals surface area contributed by atoms with E-state index < -0.39 is 0 Å². The van der Waals surface area contributed by atoms with Crippen LogP contribution in [0.4, 0.5) is 5.69 Å². The lowest BCUT2D eigenvalue weighted by molar-refractivity contribution is 0.414. The summed E-state index contributed by atoms with van der Waals surface area (Å²) in [5.41, 5.74) is 7.98. The number of anilines is 1. The van der Waals surface area contributed by atoms with Crippen LogP contribution >= 0.6 is 0 Å². The van der Waals surface area contributed by atoms with Crippen molar-refractivity contribution in [3.05, 3.63) is 54.1 Å². The van der Waals surface area contributed by atoms with Crippen LogP contribution in [0.25, 0.3) is 0 Å². The Kier molecular flexibility index (Phi) is 4.85. The van der Waals surface area contributed by atoms with Gasteiger partial charge in [0.2, 0.25) is 0 Å². The average Bonchev–Trinajstić information content (AvgIpc) is 2.53. The van der Waals surface area contributed by atoms with Crippen molar-refractivity contribution < 1.29 is 9.47 Å². The molecule has 0 amide bonds. The van der Waals surface area contributed by atoms with E-state index >= 15 is 0 Å². The third-order valence-electron chi connectivity index (χ3n) is 3.16. The van der Waals surface area contributed by atoms with Crippen LogP contribution in [0.1, 0.15) is 11.6 Å². The zero-order valence-electron chi connectivity index (χ0n) is 11.8. The quantitative estimate of drug-likeness (QED) is 0.849. The monoisotopic (exact) mass is 272 g/mol. The molecule has 20 heavy (non-hydrogen) atoms. The second-order valence-electron chi connectivity index (χ2n) is 4.44. The van der Waals surface area contributed by atoms with Crippen LogP contribution in [0, 0.1) is 0 Å². The first-order valence-electron chi connectivity index (χ1n) is 6.51. The molecule has 2 aromatic rings. The molecule has 3 N–H and O–H groups in total. The number of methoxy groups -OCH3 is 2. The Morgan fingerprint density at radius 3 is 2.30 bits per heavy atom. The van der Waals surface area contributed by atoms with Crippen LogP contribution in [0.2, 0.25) is 0 Å². The fourth-order valence-corrected chi connectivity index (χ4v) is 2.03. The summed E-state index contributed by atoms with van der Waals surface area (Å²) >= 11 is 0. The minimum absolute atomic E-state index is 0.0403. The molecule has 1 unspecified atom stereocenters. The minimum atomic E-state index is 0.0403. The lowest BCUT2D eigenvalue weighted by Gasteiger charge is -2.19. The molecular weight excluding hydrogens is 252 g/mol. The molecule has 0 aliphatic heterocycles.